The number of sulfonamides is 2. The second-order valence-electron chi connectivity index (χ2n) is 4.83. The number of rotatable bonds is 5. The summed E-state index contributed by atoms with van der Waals surface area (Å²) in [5.74, 6) is -0.766. The Balaban J connectivity index is 2.40. The number of amides is 1. The summed E-state index contributed by atoms with van der Waals surface area (Å²) in [6.45, 7) is 0. The molecule has 9 nitrogen and oxygen atoms in total. The summed E-state index contributed by atoms with van der Waals surface area (Å²) < 4.78 is 51.1. The van der Waals surface area contributed by atoms with Crippen molar-refractivity contribution in [1.82, 2.24) is 4.57 Å². The van der Waals surface area contributed by atoms with Crippen LogP contribution in [0, 0.1) is 0 Å². The van der Waals surface area contributed by atoms with E-state index in [2.05, 4.69) is 20.7 Å². The van der Waals surface area contributed by atoms with E-state index in [0.29, 0.717) is 0 Å². The lowest BCUT2D eigenvalue weighted by Gasteiger charge is -2.09. The molecule has 0 unspecified atom stereocenters. The molecule has 24 heavy (non-hydrogen) atoms. The van der Waals surface area contributed by atoms with E-state index in [0.717, 1.165) is 12.1 Å². The van der Waals surface area contributed by atoms with Crippen molar-refractivity contribution in [3.05, 3.63) is 40.6 Å². The normalized spacial score (nSPS) is 12.1. The third kappa shape index (κ3) is 3.77. The highest BCUT2D eigenvalue weighted by molar-refractivity contribution is 9.10. The lowest BCUT2D eigenvalue weighted by molar-refractivity contribution is 0.0992. The lowest BCUT2D eigenvalue weighted by Crippen LogP contribution is -2.15. The summed E-state index contributed by atoms with van der Waals surface area (Å²) in [7, 11) is -6.44. The van der Waals surface area contributed by atoms with Crippen molar-refractivity contribution in [2.75, 3.05) is 4.72 Å². The molecule has 0 bridgehead atoms. The molecule has 2 rings (SSSR count). The minimum atomic E-state index is -4.01. The summed E-state index contributed by atoms with van der Waals surface area (Å²) in [6.07, 6.45) is 1.23. The standard InChI is InChI=1S/C12H13BrN4O5S2/c1-17-6-8(5-11(17)12(14)18)24(21,22)16-10-3-2-7(4-9(10)13)23(15,19)20/h2-6,16H,1H3,(H2,14,18)(H2,15,19,20). The molecule has 0 saturated heterocycles. The number of aromatic nitrogens is 1. The first kappa shape index (κ1) is 18.4. The van der Waals surface area contributed by atoms with Gasteiger partial charge in [0.2, 0.25) is 10.0 Å². The molecule has 130 valence electrons. The lowest BCUT2D eigenvalue weighted by atomic mass is 10.3. The van der Waals surface area contributed by atoms with Crippen LogP contribution in [0.25, 0.3) is 0 Å². The predicted octanol–water partition coefficient (Wildman–Crippen LogP) is 0.335. The number of anilines is 1. The number of hydrogen-bond donors (Lipinski definition) is 3. The number of primary amides is 1. The molecule has 5 N–H and O–H groups in total. The van der Waals surface area contributed by atoms with Gasteiger partial charge in [-0.25, -0.2) is 22.0 Å². The van der Waals surface area contributed by atoms with Gasteiger partial charge in [0, 0.05) is 17.7 Å². The van der Waals surface area contributed by atoms with E-state index in [-0.39, 0.29) is 25.6 Å². The Morgan fingerprint density at radius 3 is 2.25 bits per heavy atom. The number of benzene rings is 1. The zero-order valence-corrected chi connectivity index (χ0v) is 15.4. The molecule has 0 fully saturated rings. The average Bonchev–Trinajstić information content (AvgIpc) is 2.83. The van der Waals surface area contributed by atoms with Crippen LogP contribution < -0.4 is 15.6 Å². The zero-order chi connectivity index (χ0) is 18.3. The molecule has 0 spiro atoms. The first-order chi connectivity index (χ1) is 10.9. The third-order valence-electron chi connectivity index (χ3n) is 3.06. The quantitative estimate of drug-likeness (QED) is 0.615. The minimum absolute atomic E-state index is 0.0269. The molecule has 1 amide bonds. The van der Waals surface area contributed by atoms with Crippen LogP contribution in [0.4, 0.5) is 5.69 Å². The van der Waals surface area contributed by atoms with Gasteiger partial charge in [0.05, 0.1) is 10.6 Å². The largest absolute Gasteiger partial charge is 0.364 e. The van der Waals surface area contributed by atoms with Crippen LogP contribution in [0.3, 0.4) is 0 Å². The van der Waals surface area contributed by atoms with Crippen LogP contribution in [0.1, 0.15) is 10.5 Å². The van der Waals surface area contributed by atoms with Crippen molar-refractivity contribution in [2.24, 2.45) is 17.9 Å². The molecular formula is C12H13BrN4O5S2. The molecule has 1 aromatic heterocycles. The van der Waals surface area contributed by atoms with Gasteiger partial charge in [-0.05, 0) is 40.2 Å². The molecular weight excluding hydrogens is 424 g/mol. The average molecular weight is 437 g/mol. The van der Waals surface area contributed by atoms with Gasteiger partial charge in [0.1, 0.15) is 10.6 Å². The Kier molecular flexibility index (Phi) is 4.77. The Labute approximate surface area is 146 Å². The van der Waals surface area contributed by atoms with Gasteiger partial charge >= 0.3 is 0 Å². The van der Waals surface area contributed by atoms with E-state index in [1.165, 1.54) is 29.9 Å². The number of carbonyl (C=O) groups excluding carboxylic acids is 1. The smallest absolute Gasteiger partial charge is 0.265 e. The molecule has 0 radical (unpaired) electrons. The first-order valence-electron chi connectivity index (χ1n) is 6.23. The molecule has 1 heterocycles. The molecule has 0 saturated carbocycles. The highest BCUT2D eigenvalue weighted by Gasteiger charge is 2.21. The summed E-state index contributed by atoms with van der Waals surface area (Å²) in [6, 6.07) is 4.72. The van der Waals surface area contributed by atoms with E-state index in [9.17, 15) is 21.6 Å². The molecule has 0 atom stereocenters. The topological polar surface area (TPSA) is 154 Å². The van der Waals surface area contributed by atoms with Crippen LogP contribution in [0.2, 0.25) is 0 Å². The predicted molar refractivity (Wildman–Crippen MR) is 90.3 cm³/mol. The number of halogens is 1. The monoisotopic (exact) mass is 436 g/mol. The van der Waals surface area contributed by atoms with Gasteiger partial charge in [-0.3, -0.25) is 9.52 Å². The number of primary sulfonamides is 1. The van der Waals surface area contributed by atoms with Crippen LogP contribution in [0.15, 0.2) is 44.7 Å². The summed E-state index contributed by atoms with van der Waals surface area (Å²) in [5.41, 5.74) is 5.28. The number of aryl methyl sites for hydroxylation is 1. The molecule has 12 heteroatoms. The van der Waals surface area contributed by atoms with E-state index < -0.39 is 26.0 Å². The van der Waals surface area contributed by atoms with E-state index in [4.69, 9.17) is 10.9 Å². The minimum Gasteiger partial charge on any atom is -0.364 e. The highest BCUT2D eigenvalue weighted by Crippen LogP contribution is 2.28. The van der Waals surface area contributed by atoms with Crippen molar-refractivity contribution in [3.63, 3.8) is 0 Å². The Bertz CT molecular complexity index is 1030. The second kappa shape index (κ2) is 6.20. The van der Waals surface area contributed by atoms with Gasteiger partial charge in [-0.2, -0.15) is 0 Å². The third-order valence-corrected chi connectivity index (χ3v) is 5.96. The van der Waals surface area contributed by atoms with Gasteiger partial charge < -0.3 is 10.3 Å². The summed E-state index contributed by atoms with van der Waals surface area (Å²) in [4.78, 5) is 10.9. The summed E-state index contributed by atoms with van der Waals surface area (Å²) >= 11 is 3.08. The molecule has 1 aromatic carbocycles. The van der Waals surface area contributed by atoms with Crippen molar-refractivity contribution in [3.8, 4) is 0 Å². The first-order valence-corrected chi connectivity index (χ1v) is 10.1. The maximum atomic E-state index is 12.4. The number of nitrogens with one attached hydrogen (secondary N) is 1. The summed E-state index contributed by atoms with van der Waals surface area (Å²) in [5, 5.41) is 5.01. The van der Waals surface area contributed by atoms with Crippen LogP contribution >= 0.6 is 15.9 Å². The fourth-order valence-electron chi connectivity index (χ4n) is 1.89. The Morgan fingerprint density at radius 2 is 1.79 bits per heavy atom. The van der Waals surface area contributed by atoms with Crippen LogP contribution in [-0.4, -0.2) is 27.3 Å². The highest BCUT2D eigenvalue weighted by atomic mass is 79.9. The van der Waals surface area contributed by atoms with Crippen molar-refractivity contribution >= 4 is 47.6 Å². The van der Waals surface area contributed by atoms with E-state index in [1.807, 2.05) is 0 Å². The Morgan fingerprint density at radius 1 is 1.17 bits per heavy atom. The van der Waals surface area contributed by atoms with Crippen LogP contribution in [-0.2, 0) is 27.1 Å². The van der Waals surface area contributed by atoms with Crippen LogP contribution in [0.5, 0.6) is 0 Å². The number of nitrogens with two attached hydrogens (primary N) is 2. The molecule has 0 aliphatic heterocycles. The molecule has 0 aliphatic carbocycles. The van der Waals surface area contributed by atoms with Crippen molar-refractivity contribution in [2.45, 2.75) is 9.79 Å². The van der Waals surface area contributed by atoms with Crippen molar-refractivity contribution < 1.29 is 21.6 Å². The second-order valence-corrected chi connectivity index (χ2v) is 8.93. The van der Waals surface area contributed by atoms with Gasteiger partial charge in [-0.1, -0.05) is 0 Å². The molecule has 2 aromatic rings. The number of nitrogens with zero attached hydrogens (tertiary/aromatic N) is 1. The van der Waals surface area contributed by atoms with E-state index in [1.54, 1.807) is 0 Å². The van der Waals surface area contributed by atoms with Crippen molar-refractivity contribution in [1.29, 1.82) is 0 Å². The SMILES string of the molecule is Cn1cc(S(=O)(=O)Nc2ccc(S(N)(=O)=O)cc2Br)cc1C(N)=O. The Hall–Kier alpha value is -1.89. The van der Waals surface area contributed by atoms with Gasteiger partial charge in [-0.15, -0.1) is 0 Å². The zero-order valence-electron chi connectivity index (χ0n) is 12.2. The maximum absolute atomic E-state index is 12.4. The number of carbonyl (C=O) groups is 1. The van der Waals surface area contributed by atoms with E-state index >= 15 is 0 Å². The fourth-order valence-corrected chi connectivity index (χ4v) is 4.33. The van der Waals surface area contributed by atoms with Gasteiger partial charge in [0.15, 0.2) is 0 Å². The van der Waals surface area contributed by atoms with Gasteiger partial charge in [0.25, 0.3) is 15.9 Å². The fraction of sp³-hybridized carbons (Fsp3) is 0.0833. The maximum Gasteiger partial charge on any atom is 0.265 e. The molecule has 0 aliphatic rings. The number of hydrogen-bond acceptors (Lipinski definition) is 5.